The van der Waals surface area contributed by atoms with E-state index in [-0.39, 0.29) is 5.91 Å². The van der Waals surface area contributed by atoms with Crippen LogP contribution in [0.4, 0.5) is 5.69 Å². The number of para-hydroxylation sites is 1. The summed E-state index contributed by atoms with van der Waals surface area (Å²) in [5.74, 6) is 0.545. The zero-order valence-corrected chi connectivity index (χ0v) is 18.8. The van der Waals surface area contributed by atoms with E-state index < -0.39 is 0 Å². The summed E-state index contributed by atoms with van der Waals surface area (Å²) in [6, 6.07) is 22.6. The summed E-state index contributed by atoms with van der Waals surface area (Å²) in [7, 11) is 0. The molecule has 1 N–H and O–H groups in total. The zero-order valence-electron chi connectivity index (χ0n) is 16.5. The summed E-state index contributed by atoms with van der Waals surface area (Å²) < 4.78 is 8.46. The fourth-order valence-electron chi connectivity index (χ4n) is 3.04. The van der Waals surface area contributed by atoms with Crippen molar-refractivity contribution in [3.63, 3.8) is 0 Å². The maximum absolute atomic E-state index is 12.7. The number of anilines is 1. The average Bonchev–Trinajstić information content (AvgIpc) is 3.22. The van der Waals surface area contributed by atoms with Crippen molar-refractivity contribution in [2.24, 2.45) is 0 Å². The number of aromatic nitrogens is 2. The molecule has 3 aromatic carbocycles. The molecular weight excluding hydrogens is 478 g/mol. The maximum Gasteiger partial charge on any atom is 0.255 e. The van der Waals surface area contributed by atoms with E-state index in [0.29, 0.717) is 29.4 Å². The number of halogens is 2. The molecule has 0 aliphatic rings. The Kier molecular flexibility index (Phi) is 6.70. The van der Waals surface area contributed by atoms with Gasteiger partial charge in [0.05, 0.1) is 22.9 Å². The molecule has 0 aliphatic carbocycles. The first-order valence-corrected chi connectivity index (χ1v) is 10.8. The Hall–Kier alpha value is -3.09. The molecule has 4 rings (SSSR count). The number of carbonyl (C=O) groups excluding carboxylic acids is 1. The van der Waals surface area contributed by atoms with Crippen LogP contribution in [0.15, 0.2) is 89.7 Å². The van der Waals surface area contributed by atoms with E-state index in [1.165, 1.54) is 0 Å². The SMILES string of the molecule is O=C(Nc1cnn(Cc2ccccc2Cl)c1)c1cccc(COc2ccccc2Br)c1. The highest BCUT2D eigenvalue weighted by Gasteiger charge is 2.10. The predicted molar refractivity (Wildman–Crippen MR) is 126 cm³/mol. The molecule has 1 aromatic heterocycles. The van der Waals surface area contributed by atoms with Crippen LogP contribution in [-0.4, -0.2) is 15.7 Å². The van der Waals surface area contributed by atoms with Gasteiger partial charge in [0.25, 0.3) is 5.91 Å². The molecule has 31 heavy (non-hydrogen) atoms. The predicted octanol–water partition coefficient (Wildman–Crippen LogP) is 6.18. The van der Waals surface area contributed by atoms with Gasteiger partial charge in [-0.2, -0.15) is 5.10 Å². The Morgan fingerprint density at radius 3 is 2.71 bits per heavy atom. The van der Waals surface area contributed by atoms with Crippen molar-refractivity contribution >= 4 is 39.1 Å². The highest BCUT2D eigenvalue weighted by molar-refractivity contribution is 9.10. The number of rotatable bonds is 7. The van der Waals surface area contributed by atoms with Gasteiger partial charge in [-0.15, -0.1) is 0 Å². The maximum atomic E-state index is 12.7. The van der Waals surface area contributed by atoms with Crippen LogP contribution >= 0.6 is 27.5 Å². The topological polar surface area (TPSA) is 56.2 Å². The Morgan fingerprint density at radius 2 is 1.87 bits per heavy atom. The van der Waals surface area contributed by atoms with Gasteiger partial charge in [-0.1, -0.05) is 54.1 Å². The van der Waals surface area contributed by atoms with E-state index in [9.17, 15) is 4.79 Å². The van der Waals surface area contributed by atoms with E-state index in [1.54, 1.807) is 23.1 Å². The van der Waals surface area contributed by atoms with Crippen molar-refractivity contribution in [1.82, 2.24) is 9.78 Å². The van der Waals surface area contributed by atoms with Crippen molar-refractivity contribution in [2.75, 3.05) is 5.32 Å². The summed E-state index contributed by atoms with van der Waals surface area (Å²) >= 11 is 9.68. The lowest BCUT2D eigenvalue weighted by atomic mass is 10.1. The molecule has 0 saturated carbocycles. The van der Waals surface area contributed by atoms with Gasteiger partial charge in [-0.05, 0) is 57.4 Å². The summed E-state index contributed by atoms with van der Waals surface area (Å²) in [5.41, 5.74) is 3.03. The third-order valence-corrected chi connectivity index (χ3v) is 5.63. The van der Waals surface area contributed by atoms with Crippen LogP contribution in [0.5, 0.6) is 5.75 Å². The fraction of sp³-hybridized carbons (Fsp3) is 0.0833. The molecule has 0 unspecified atom stereocenters. The standard InChI is InChI=1S/C24H19BrClN3O2/c25-21-9-2-4-11-23(21)31-16-17-6-5-8-18(12-17)24(30)28-20-13-27-29(15-20)14-19-7-1-3-10-22(19)26/h1-13,15H,14,16H2,(H,28,30). The molecule has 0 spiro atoms. The number of benzene rings is 3. The fourth-order valence-corrected chi connectivity index (χ4v) is 3.64. The van der Waals surface area contributed by atoms with Gasteiger partial charge in [-0.3, -0.25) is 9.48 Å². The van der Waals surface area contributed by atoms with E-state index in [2.05, 4.69) is 26.3 Å². The molecule has 0 radical (unpaired) electrons. The molecule has 7 heteroatoms. The number of nitrogens with one attached hydrogen (secondary N) is 1. The highest BCUT2D eigenvalue weighted by atomic mass is 79.9. The largest absolute Gasteiger partial charge is 0.488 e. The van der Waals surface area contributed by atoms with Crippen LogP contribution in [0, 0.1) is 0 Å². The third-order valence-electron chi connectivity index (χ3n) is 4.60. The van der Waals surface area contributed by atoms with Gasteiger partial charge in [0.1, 0.15) is 12.4 Å². The number of hydrogen-bond acceptors (Lipinski definition) is 3. The Morgan fingerprint density at radius 1 is 1.06 bits per heavy atom. The van der Waals surface area contributed by atoms with Crippen LogP contribution in [0.1, 0.15) is 21.5 Å². The monoisotopic (exact) mass is 495 g/mol. The molecule has 4 aromatic rings. The van der Waals surface area contributed by atoms with Crippen molar-refractivity contribution in [3.8, 4) is 5.75 Å². The molecule has 0 atom stereocenters. The van der Waals surface area contributed by atoms with Crippen LogP contribution in [0.3, 0.4) is 0 Å². The average molecular weight is 497 g/mol. The Labute approximate surface area is 193 Å². The van der Waals surface area contributed by atoms with E-state index in [1.807, 2.05) is 66.7 Å². The summed E-state index contributed by atoms with van der Waals surface area (Å²) in [6.45, 7) is 0.886. The molecule has 0 aliphatic heterocycles. The number of ether oxygens (including phenoxy) is 1. The van der Waals surface area contributed by atoms with Crippen molar-refractivity contribution in [3.05, 3.63) is 111 Å². The molecule has 156 valence electrons. The molecule has 0 fully saturated rings. The van der Waals surface area contributed by atoms with Crippen molar-refractivity contribution in [1.29, 1.82) is 0 Å². The third kappa shape index (κ3) is 5.54. The number of carbonyl (C=O) groups is 1. The molecule has 0 saturated heterocycles. The van der Waals surface area contributed by atoms with Crippen LogP contribution in [0.25, 0.3) is 0 Å². The minimum absolute atomic E-state index is 0.208. The molecule has 1 heterocycles. The van der Waals surface area contributed by atoms with Crippen LogP contribution in [0.2, 0.25) is 5.02 Å². The Balaban J connectivity index is 1.39. The normalized spacial score (nSPS) is 10.6. The Bertz CT molecular complexity index is 1210. The lowest BCUT2D eigenvalue weighted by Crippen LogP contribution is -2.12. The number of nitrogens with zero attached hydrogens (tertiary/aromatic N) is 2. The smallest absolute Gasteiger partial charge is 0.255 e. The quantitative estimate of drug-likeness (QED) is 0.332. The van der Waals surface area contributed by atoms with E-state index >= 15 is 0 Å². The minimum atomic E-state index is -0.208. The lowest BCUT2D eigenvalue weighted by molar-refractivity contribution is 0.102. The van der Waals surface area contributed by atoms with Gasteiger partial charge in [0.15, 0.2) is 0 Å². The lowest BCUT2D eigenvalue weighted by Gasteiger charge is -2.09. The van der Waals surface area contributed by atoms with Crippen molar-refractivity contribution < 1.29 is 9.53 Å². The minimum Gasteiger partial charge on any atom is -0.488 e. The van der Waals surface area contributed by atoms with Gasteiger partial charge in [0, 0.05) is 16.8 Å². The zero-order chi connectivity index (χ0) is 21.6. The van der Waals surface area contributed by atoms with Gasteiger partial charge in [-0.25, -0.2) is 0 Å². The number of amides is 1. The molecule has 1 amide bonds. The van der Waals surface area contributed by atoms with Crippen LogP contribution in [-0.2, 0) is 13.2 Å². The molecule has 0 bridgehead atoms. The molecular formula is C24H19BrClN3O2. The first-order chi connectivity index (χ1) is 15.1. The summed E-state index contributed by atoms with van der Waals surface area (Å²) in [6.07, 6.45) is 3.40. The first-order valence-electron chi connectivity index (χ1n) is 9.62. The number of hydrogen-bond donors (Lipinski definition) is 1. The first kappa shape index (κ1) is 21.2. The van der Waals surface area contributed by atoms with Crippen molar-refractivity contribution in [2.45, 2.75) is 13.2 Å². The second kappa shape index (κ2) is 9.81. The summed E-state index contributed by atoms with van der Waals surface area (Å²) in [4.78, 5) is 12.7. The van der Waals surface area contributed by atoms with Gasteiger partial charge in [0.2, 0.25) is 0 Å². The summed E-state index contributed by atoms with van der Waals surface area (Å²) in [5, 5.41) is 7.88. The second-order valence-corrected chi connectivity index (χ2v) is 8.15. The second-order valence-electron chi connectivity index (χ2n) is 6.89. The highest BCUT2D eigenvalue weighted by Crippen LogP contribution is 2.25. The van der Waals surface area contributed by atoms with E-state index in [0.717, 1.165) is 21.3 Å². The molecule has 5 nitrogen and oxygen atoms in total. The van der Waals surface area contributed by atoms with E-state index in [4.69, 9.17) is 16.3 Å². The van der Waals surface area contributed by atoms with Gasteiger partial charge < -0.3 is 10.1 Å². The van der Waals surface area contributed by atoms with Crippen LogP contribution < -0.4 is 10.1 Å². The van der Waals surface area contributed by atoms with Gasteiger partial charge >= 0.3 is 0 Å².